The lowest BCUT2D eigenvalue weighted by Gasteiger charge is -2.47. The van der Waals surface area contributed by atoms with Gasteiger partial charge in [0.1, 0.15) is 18.1 Å². The Labute approximate surface area is 194 Å². The molecule has 2 aliphatic rings. The highest BCUT2D eigenvalue weighted by Crippen LogP contribution is 2.42. The van der Waals surface area contributed by atoms with E-state index >= 15 is 0 Å². The van der Waals surface area contributed by atoms with Crippen molar-refractivity contribution in [3.63, 3.8) is 0 Å². The largest absolute Gasteiger partial charge is 0.508 e. The van der Waals surface area contributed by atoms with Gasteiger partial charge in [-0.3, -0.25) is 19.0 Å². The van der Waals surface area contributed by atoms with Gasteiger partial charge in [0, 0.05) is 38.6 Å². The summed E-state index contributed by atoms with van der Waals surface area (Å²) in [6.07, 6.45) is 0.757. The normalized spacial score (nSPS) is 22.4. The van der Waals surface area contributed by atoms with Gasteiger partial charge < -0.3 is 14.9 Å². The van der Waals surface area contributed by atoms with Crippen molar-refractivity contribution in [1.82, 2.24) is 9.80 Å². The lowest BCUT2D eigenvalue weighted by molar-refractivity contribution is -0.142. The first-order valence-electron chi connectivity index (χ1n) is 11.6. The number of alkyl halides is 1. The van der Waals surface area contributed by atoms with Crippen LogP contribution in [-0.2, 0) is 16.8 Å². The summed E-state index contributed by atoms with van der Waals surface area (Å²) in [5.41, 5.74) is 2.69. The summed E-state index contributed by atoms with van der Waals surface area (Å²) < 4.78 is 18.5. The van der Waals surface area contributed by atoms with Gasteiger partial charge in [-0.05, 0) is 54.3 Å². The summed E-state index contributed by atoms with van der Waals surface area (Å²) >= 11 is 0. The highest BCUT2D eigenvalue weighted by atomic mass is 19.1. The Morgan fingerprint density at radius 1 is 1.24 bits per heavy atom. The first-order valence-corrected chi connectivity index (χ1v) is 11.6. The maximum atomic E-state index is 12.6. The molecule has 0 amide bonds. The molecule has 2 aromatic rings. The average Bonchev–Trinajstić information content (AvgIpc) is 2.77. The van der Waals surface area contributed by atoms with Crippen LogP contribution in [0.3, 0.4) is 0 Å². The van der Waals surface area contributed by atoms with E-state index in [2.05, 4.69) is 16.7 Å². The molecule has 2 N–H and O–H groups in total. The lowest BCUT2D eigenvalue weighted by atomic mass is 9.76. The van der Waals surface area contributed by atoms with Crippen molar-refractivity contribution >= 4 is 5.97 Å². The second-order valence-corrected chi connectivity index (χ2v) is 9.50. The van der Waals surface area contributed by atoms with E-state index in [1.165, 1.54) is 0 Å². The van der Waals surface area contributed by atoms with Crippen LogP contribution in [0.2, 0.25) is 0 Å². The molecule has 2 aromatic carbocycles. The second kappa shape index (κ2) is 9.69. The predicted molar refractivity (Wildman–Crippen MR) is 124 cm³/mol. The van der Waals surface area contributed by atoms with Crippen molar-refractivity contribution in [2.24, 2.45) is 11.8 Å². The van der Waals surface area contributed by atoms with E-state index in [-0.39, 0.29) is 18.3 Å². The Balaban J connectivity index is 1.52. The summed E-state index contributed by atoms with van der Waals surface area (Å²) in [5.74, 6) is -0.108. The van der Waals surface area contributed by atoms with Gasteiger partial charge in [-0.25, -0.2) is 0 Å². The van der Waals surface area contributed by atoms with Crippen LogP contribution in [0.4, 0.5) is 4.39 Å². The number of rotatable bonds is 9. The third kappa shape index (κ3) is 4.84. The van der Waals surface area contributed by atoms with Crippen molar-refractivity contribution < 1.29 is 24.1 Å². The molecule has 6 nitrogen and oxygen atoms in total. The van der Waals surface area contributed by atoms with E-state index in [1.807, 2.05) is 36.4 Å². The molecular formula is C26H33FN2O4. The molecule has 1 fully saturated rings. The number of nitrogens with zero attached hydrogens (tertiary/aromatic N) is 2. The number of aromatic hydroxyl groups is 1. The first-order chi connectivity index (χ1) is 15.8. The molecule has 2 atom stereocenters. The lowest BCUT2D eigenvalue weighted by Crippen LogP contribution is -2.51. The molecule has 0 radical (unpaired) electrons. The number of fused-ring (bicyclic) bond motifs is 1. The van der Waals surface area contributed by atoms with E-state index in [0.29, 0.717) is 19.7 Å². The van der Waals surface area contributed by atoms with Crippen molar-refractivity contribution in [3.8, 4) is 11.5 Å². The summed E-state index contributed by atoms with van der Waals surface area (Å²) in [4.78, 5) is 16.0. The number of ether oxygens (including phenoxy) is 1. The van der Waals surface area contributed by atoms with E-state index in [9.17, 15) is 19.4 Å². The number of hydrogen-bond donors (Lipinski definition) is 2. The predicted octanol–water partition coefficient (Wildman–Crippen LogP) is 3.51. The molecule has 0 spiro atoms. The molecule has 1 unspecified atom stereocenters. The average molecular weight is 457 g/mol. The van der Waals surface area contributed by atoms with Gasteiger partial charge in [-0.2, -0.15) is 0 Å². The van der Waals surface area contributed by atoms with Gasteiger partial charge in [0.05, 0.1) is 18.1 Å². The molecule has 33 heavy (non-hydrogen) atoms. The number of likely N-dealkylation sites (tertiary alicyclic amines) is 1. The van der Waals surface area contributed by atoms with Gasteiger partial charge in [-0.15, -0.1) is 0 Å². The number of hydrogen-bond acceptors (Lipinski definition) is 5. The number of halogens is 1. The fraction of sp³-hybridized carbons (Fsp3) is 0.500. The van der Waals surface area contributed by atoms with Crippen LogP contribution < -0.4 is 4.74 Å². The number of phenols is 1. The second-order valence-electron chi connectivity index (χ2n) is 9.50. The van der Waals surface area contributed by atoms with Crippen LogP contribution in [0, 0.1) is 11.8 Å². The number of carboxylic acid groups (broad SMARTS) is 1. The molecule has 2 heterocycles. The monoisotopic (exact) mass is 456 g/mol. The Morgan fingerprint density at radius 3 is 2.64 bits per heavy atom. The van der Waals surface area contributed by atoms with Gasteiger partial charge in [0.25, 0.3) is 0 Å². The summed E-state index contributed by atoms with van der Waals surface area (Å²) in [5, 5.41) is 19.5. The van der Waals surface area contributed by atoms with Crippen LogP contribution in [-0.4, -0.2) is 72.0 Å². The maximum absolute atomic E-state index is 12.6. The molecule has 0 saturated carbocycles. The van der Waals surface area contributed by atoms with Crippen molar-refractivity contribution in [1.29, 1.82) is 0 Å². The third-order valence-corrected chi connectivity index (χ3v) is 7.16. The number of aliphatic carboxylic acids is 1. The zero-order valence-corrected chi connectivity index (χ0v) is 19.3. The maximum Gasteiger partial charge on any atom is 0.307 e. The number of phenolic OH excluding ortho intramolecular Hbond substituents is 1. The third-order valence-electron chi connectivity index (χ3n) is 7.16. The Hall–Kier alpha value is -2.64. The number of benzene rings is 2. The van der Waals surface area contributed by atoms with Gasteiger partial charge in [0.2, 0.25) is 0 Å². The van der Waals surface area contributed by atoms with E-state index in [4.69, 9.17) is 4.74 Å². The standard InChI is InChI=1S/C26H33FN2O4/c1-18(25(31)32)15-29-10-9-20-13-22(30)5-8-24(20)26(29,2)21-3-6-23(7-4-21)33-12-11-28-16-19(14-27)17-28/h3-8,13,18-19,30H,9-12,14-17H2,1-2H3,(H,31,32)/t18?,26-/m0/s1. The summed E-state index contributed by atoms with van der Waals surface area (Å²) in [7, 11) is 0. The molecule has 7 heteroatoms. The zero-order chi connectivity index (χ0) is 23.6. The summed E-state index contributed by atoms with van der Waals surface area (Å²) in [6, 6.07) is 13.4. The topological polar surface area (TPSA) is 73.2 Å². The minimum absolute atomic E-state index is 0.178. The van der Waals surface area contributed by atoms with Gasteiger partial charge in [-0.1, -0.05) is 25.1 Å². The van der Waals surface area contributed by atoms with E-state index < -0.39 is 17.4 Å². The molecule has 178 valence electrons. The summed E-state index contributed by atoms with van der Waals surface area (Å²) in [6.45, 7) is 7.69. The molecular weight excluding hydrogens is 423 g/mol. The van der Waals surface area contributed by atoms with Crippen molar-refractivity contribution in [2.75, 3.05) is 46.0 Å². The molecule has 0 aromatic heterocycles. The Morgan fingerprint density at radius 2 is 1.97 bits per heavy atom. The van der Waals surface area contributed by atoms with E-state index in [1.54, 1.807) is 13.0 Å². The molecule has 1 saturated heterocycles. The van der Waals surface area contributed by atoms with Crippen LogP contribution in [0.1, 0.15) is 30.5 Å². The first kappa shape index (κ1) is 23.5. The number of carboxylic acids is 1. The highest BCUT2D eigenvalue weighted by molar-refractivity contribution is 5.69. The zero-order valence-electron chi connectivity index (χ0n) is 19.3. The Kier molecular flexibility index (Phi) is 6.91. The van der Waals surface area contributed by atoms with Crippen LogP contribution in [0.5, 0.6) is 11.5 Å². The van der Waals surface area contributed by atoms with Gasteiger partial charge in [0.15, 0.2) is 0 Å². The highest BCUT2D eigenvalue weighted by Gasteiger charge is 2.41. The van der Waals surface area contributed by atoms with Crippen LogP contribution in [0.25, 0.3) is 0 Å². The molecule has 2 aliphatic heterocycles. The minimum atomic E-state index is -0.808. The fourth-order valence-electron chi connectivity index (χ4n) is 5.06. The fourth-order valence-corrected chi connectivity index (χ4v) is 5.06. The SMILES string of the molecule is CC(CN1CCc2cc(O)ccc2[C@]1(C)c1ccc(OCCN2CC(CF)C2)cc1)C(=O)O. The van der Waals surface area contributed by atoms with Crippen molar-refractivity contribution in [2.45, 2.75) is 25.8 Å². The van der Waals surface area contributed by atoms with E-state index in [0.717, 1.165) is 48.5 Å². The van der Waals surface area contributed by atoms with Gasteiger partial charge >= 0.3 is 5.97 Å². The molecule has 4 rings (SSSR count). The number of carbonyl (C=O) groups is 1. The van der Waals surface area contributed by atoms with Crippen LogP contribution >= 0.6 is 0 Å². The van der Waals surface area contributed by atoms with Crippen molar-refractivity contribution in [3.05, 3.63) is 59.2 Å². The smallest absolute Gasteiger partial charge is 0.307 e. The molecule has 0 aliphatic carbocycles. The molecule has 0 bridgehead atoms. The Bertz CT molecular complexity index is 977. The minimum Gasteiger partial charge on any atom is -0.508 e. The van der Waals surface area contributed by atoms with Crippen LogP contribution in [0.15, 0.2) is 42.5 Å². The quantitative estimate of drug-likeness (QED) is 0.602.